The second kappa shape index (κ2) is 7.58. The van der Waals surface area contributed by atoms with Crippen molar-refractivity contribution < 1.29 is 18.9 Å². The van der Waals surface area contributed by atoms with Crippen molar-refractivity contribution in [3.05, 3.63) is 63.5 Å². The molecular weight excluding hydrogens is 370 g/mol. The number of carbonyl (C=O) groups excluding carboxylic acids is 1. The average molecular weight is 387 g/mol. The fourth-order valence-electron chi connectivity index (χ4n) is 2.88. The van der Waals surface area contributed by atoms with E-state index in [-0.39, 0.29) is 12.3 Å². The van der Waals surface area contributed by atoms with Crippen LogP contribution in [-0.4, -0.2) is 22.6 Å². The third-order valence-corrected chi connectivity index (χ3v) is 4.26. The van der Waals surface area contributed by atoms with E-state index >= 15 is 0 Å². The zero-order valence-corrected chi connectivity index (χ0v) is 15.5. The number of benzene rings is 1. The summed E-state index contributed by atoms with van der Waals surface area (Å²) in [4.78, 5) is 23.2. The van der Waals surface area contributed by atoms with Crippen molar-refractivity contribution in [2.24, 2.45) is 0 Å². The molecule has 2 aromatic rings. The normalized spacial score (nSPS) is 16.5. The number of nitrogens with one attached hydrogen (secondary N) is 2. The van der Waals surface area contributed by atoms with Crippen molar-refractivity contribution in [3.8, 4) is 11.3 Å². The lowest BCUT2D eigenvalue weighted by Crippen LogP contribution is -2.45. The van der Waals surface area contributed by atoms with E-state index in [2.05, 4.69) is 10.6 Å². The molecule has 1 aliphatic rings. The number of nitrogens with zero attached hydrogens (tertiary/aromatic N) is 1. The van der Waals surface area contributed by atoms with Crippen molar-refractivity contribution in [3.63, 3.8) is 0 Å². The Morgan fingerprint density at radius 1 is 1.33 bits per heavy atom. The number of nitro groups is 1. The molecular formula is C18H17N3O5S. The van der Waals surface area contributed by atoms with Gasteiger partial charge in [0.05, 0.1) is 22.7 Å². The standard InChI is InChI=1S/C18H17N3O5S/c1-3-25-17(22)15-10(2)19-18(27)20-16(15)14-9-8-13(26-14)11-6-4-5-7-12(11)21(23)24/h4-9,16H,3H2,1-2H3,(H2,19,20,27)/t16-/m0/s1. The molecule has 140 valence electrons. The summed E-state index contributed by atoms with van der Waals surface area (Å²) in [7, 11) is 0. The van der Waals surface area contributed by atoms with Gasteiger partial charge >= 0.3 is 5.97 Å². The highest BCUT2D eigenvalue weighted by atomic mass is 32.1. The first-order valence-corrected chi connectivity index (χ1v) is 8.62. The summed E-state index contributed by atoms with van der Waals surface area (Å²) in [6, 6.07) is 8.92. The van der Waals surface area contributed by atoms with E-state index in [1.54, 1.807) is 44.2 Å². The number of hydrogen-bond donors (Lipinski definition) is 2. The minimum atomic E-state index is -0.658. The van der Waals surface area contributed by atoms with Crippen LogP contribution < -0.4 is 10.6 Å². The molecule has 1 aliphatic heterocycles. The fourth-order valence-corrected chi connectivity index (χ4v) is 3.15. The first-order valence-electron chi connectivity index (χ1n) is 8.21. The summed E-state index contributed by atoms with van der Waals surface area (Å²) in [5, 5.41) is 17.5. The summed E-state index contributed by atoms with van der Waals surface area (Å²) in [5.41, 5.74) is 1.19. The van der Waals surface area contributed by atoms with Gasteiger partial charge in [-0.3, -0.25) is 10.1 Å². The highest BCUT2D eigenvalue weighted by Crippen LogP contribution is 2.35. The van der Waals surface area contributed by atoms with Crippen LogP contribution in [-0.2, 0) is 9.53 Å². The number of furan rings is 1. The van der Waals surface area contributed by atoms with Gasteiger partial charge < -0.3 is 19.8 Å². The van der Waals surface area contributed by atoms with Crippen LogP contribution in [0.25, 0.3) is 11.3 Å². The Morgan fingerprint density at radius 3 is 2.78 bits per heavy atom. The first kappa shape index (κ1) is 18.6. The van der Waals surface area contributed by atoms with E-state index in [9.17, 15) is 14.9 Å². The van der Waals surface area contributed by atoms with Gasteiger partial charge in [0.15, 0.2) is 5.11 Å². The molecule has 0 radical (unpaired) electrons. The lowest BCUT2D eigenvalue weighted by molar-refractivity contribution is -0.384. The van der Waals surface area contributed by atoms with E-state index in [1.807, 2.05) is 0 Å². The quantitative estimate of drug-likeness (QED) is 0.349. The Balaban J connectivity index is 2.02. The van der Waals surface area contributed by atoms with Gasteiger partial charge in [0.1, 0.15) is 17.6 Å². The Morgan fingerprint density at radius 2 is 2.07 bits per heavy atom. The Hall–Kier alpha value is -3.20. The van der Waals surface area contributed by atoms with Crippen molar-refractivity contribution in [2.75, 3.05) is 6.61 Å². The third-order valence-electron chi connectivity index (χ3n) is 4.04. The second-order valence-electron chi connectivity index (χ2n) is 5.77. The van der Waals surface area contributed by atoms with Crippen LogP contribution in [0.2, 0.25) is 0 Å². The van der Waals surface area contributed by atoms with Gasteiger partial charge in [-0.05, 0) is 44.3 Å². The van der Waals surface area contributed by atoms with Crippen molar-refractivity contribution in [1.82, 2.24) is 10.6 Å². The summed E-state index contributed by atoms with van der Waals surface area (Å²) in [6.07, 6.45) is 0. The largest absolute Gasteiger partial charge is 0.463 e. The van der Waals surface area contributed by atoms with E-state index in [4.69, 9.17) is 21.4 Å². The molecule has 0 aliphatic carbocycles. The Kier molecular flexibility index (Phi) is 5.22. The summed E-state index contributed by atoms with van der Waals surface area (Å²) >= 11 is 5.18. The summed E-state index contributed by atoms with van der Waals surface area (Å²) in [5.74, 6) is 0.227. The molecule has 1 aromatic heterocycles. The molecule has 2 heterocycles. The van der Waals surface area contributed by atoms with Gasteiger partial charge in [0.2, 0.25) is 0 Å². The Labute approximate surface area is 160 Å². The van der Waals surface area contributed by atoms with Crippen molar-refractivity contribution in [2.45, 2.75) is 19.9 Å². The molecule has 0 spiro atoms. The number of para-hydroxylation sites is 1. The van der Waals surface area contributed by atoms with Crippen molar-refractivity contribution >= 4 is 29.0 Å². The number of carbonyl (C=O) groups is 1. The highest BCUT2D eigenvalue weighted by molar-refractivity contribution is 7.80. The summed E-state index contributed by atoms with van der Waals surface area (Å²) in [6.45, 7) is 3.67. The molecule has 0 amide bonds. The molecule has 0 bridgehead atoms. The van der Waals surface area contributed by atoms with E-state index in [0.29, 0.717) is 33.5 Å². The fraction of sp³-hybridized carbons (Fsp3) is 0.222. The zero-order valence-electron chi connectivity index (χ0n) is 14.6. The van der Waals surface area contributed by atoms with Gasteiger partial charge in [0, 0.05) is 11.8 Å². The minimum Gasteiger partial charge on any atom is -0.463 e. The number of esters is 1. The summed E-state index contributed by atoms with van der Waals surface area (Å²) < 4.78 is 11.0. The lowest BCUT2D eigenvalue weighted by Gasteiger charge is -2.28. The maximum atomic E-state index is 12.4. The van der Waals surface area contributed by atoms with Gasteiger partial charge in [0.25, 0.3) is 5.69 Å². The molecule has 0 fully saturated rings. The van der Waals surface area contributed by atoms with E-state index < -0.39 is 16.9 Å². The third kappa shape index (κ3) is 3.68. The Bertz CT molecular complexity index is 950. The maximum absolute atomic E-state index is 12.4. The maximum Gasteiger partial charge on any atom is 0.338 e. The molecule has 1 aromatic carbocycles. The number of nitro benzene ring substituents is 1. The molecule has 27 heavy (non-hydrogen) atoms. The van der Waals surface area contributed by atoms with Gasteiger partial charge in [-0.15, -0.1) is 0 Å². The predicted octanol–water partition coefficient (Wildman–Crippen LogP) is 3.21. The van der Waals surface area contributed by atoms with E-state index in [1.165, 1.54) is 6.07 Å². The first-order chi connectivity index (χ1) is 12.9. The van der Waals surface area contributed by atoms with Crippen LogP contribution >= 0.6 is 12.2 Å². The highest BCUT2D eigenvalue weighted by Gasteiger charge is 2.33. The minimum absolute atomic E-state index is 0.0653. The SMILES string of the molecule is CCOC(=O)C1=C(C)NC(=S)N[C@H]1c1ccc(-c2ccccc2[N+](=O)[O-])o1. The monoisotopic (exact) mass is 387 g/mol. The van der Waals surface area contributed by atoms with Crippen LogP contribution in [0, 0.1) is 10.1 Å². The van der Waals surface area contributed by atoms with Crippen LogP contribution in [0.3, 0.4) is 0 Å². The zero-order chi connectivity index (χ0) is 19.6. The van der Waals surface area contributed by atoms with Crippen molar-refractivity contribution in [1.29, 1.82) is 0 Å². The number of thiocarbonyl (C=S) groups is 1. The molecule has 8 nitrogen and oxygen atoms in total. The van der Waals surface area contributed by atoms with Crippen LogP contribution in [0.1, 0.15) is 25.6 Å². The molecule has 3 rings (SSSR count). The molecule has 2 N–H and O–H groups in total. The van der Waals surface area contributed by atoms with Gasteiger partial charge in [-0.25, -0.2) is 4.79 Å². The lowest BCUT2D eigenvalue weighted by atomic mass is 10.0. The molecule has 0 saturated carbocycles. The molecule has 0 unspecified atom stereocenters. The number of rotatable bonds is 5. The molecule has 1 atom stereocenters. The van der Waals surface area contributed by atoms with E-state index in [0.717, 1.165) is 0 Å². The van der Waals surface area contributed by atoms with Crippen LogP contribution in [0.15, 0.2) is 52.1 Å². The van der Waals surface area contributed by atoms with Crippen LogP contribution in [0.5, 0.6) is 0 Å². The smallest absolute Gasteiger partial charge is 0.338 e. The molecule has 0 saturated heterocycles. The molecule has 9 heteroatoms. The van der Waals surface area contributed by atoms with Gasteiger partial charge in [-0.2, -0.15) is 0 Å². The van der Waals surface area contributed by atoms with Gasteiger partial charge in [-0.1, -0.05) is 12.1 Å². The predicted molar refractivity (Wildman–Crippen MR) is 102 cm³/mol. The topological polar surface area (TPSA) is 107 Å². The average Bonchev–Trinajstić information content (AvgIpc) is 3.11. The number of hydrogen-bond acceptors (Lipinski definition) is 6. The second-order valence-corrected chi connectivity index (χ2v) is 6.18. The number of allylic oxidation sites excluding steroid dienone is 1. The van der Waals surface area contributed by atoms with Crippen LogP contribution in [0.4, 0.5) is 5.69 Å². The number of ether oxygens (including phenoxy) is 1.